The van der Waals surface area contributed by atoms with E-state index in [0.29, 0.717) is 23.7 Å². The van der Waals surface area contributed by atoms with Crippen molar-refractivity contribution in [3.8, 4) is 0 Å². The zero-order valence-electron chi connectivity index (χ0n) is 15.5. The minimum absolute atomic E-state index is 0.0859. The Morgan fingerprint density at radius 1 is 1.15 bits per heavy atom. The van der Waals surface area contributed by atoms with Gasteiger partial charge in [-0.1, -0.05) is 23.4 Å². The van der Waals surface area contributed by atoms with Crippen LogP contribution in [0.15, 0.2) is 42.9 Å². The number of benzene rings is 1. The van der Waals surface area contributed by atoms with E-state index < -0.39 is 0 Å². The van der Waals surface area contributed by atoms with E-state index >= 15 is 0 Å². The predicted octanol–water partition coefficient (Wildman–Crippen LogP) is 2.99. The molecular weight excluding hydrogens is 338 g/mol. The van der Waals surface area contributed by atoms with Crippen LogP contribution in [0.25, 0.3) is 10.8 Å². The summed E-state index contributed by atoms with van der Waals surface area (Å²) in [6, 6.07) is 9.26. The standard InChI is InChI=1S/C21H23N5O/c1-25-20(13-23-24-25)21(27)26-17-5-6-18(26)11-14(10-17)9-16-4-2-3-15-7-8-22-12-19(15)16/h2-4,7-8,12-14,17-18H,5-6,9-11H2,1H3. The van der Waals surface area contributed by atoms with Gasteiger partial charge in [0.15, 0.2) is 0 Å². The number of hydrogen-bond acceptors (Lipinski definition) is 4. The van der Waals surface area contributed by atoms with Gasteiger partial charge in [-0.15, -0.1) is 5.10 Å². The molecule has 2 saturated heterocycles. The van der Waals surface area contributed by atoms with E-state index in [1.807, 2.05) is 12.4 Å². The third kappa shape index (κ3) is 2.80. The first-order chi connectivity index (χ1) is 13.2. The summed E-state index contributed by atoms with van der Waals surface area (Å²) in [6.45, 7) is 0. The molecule has 138 valence electrons. The van der Waals surface area contributed by atoms with Crippen molar-refractivity contribution in [3.05, 3.63) is 54.1 Å². The maximum atomic E-state index is 13.0. The van der Waals surface area contributed by atoms with Gasteiger partial charge in [0.2, 0.25) is 0 Å². The summed E-state index contributed by atoms with van der Waals surface area (Å²) >= 11 is 0. The maximum absolute atomic E-state index is 13.0. The van der Waals surface area contributed by atoms with Crippen LogP contribution in [-0.4, -0.2) is 42.9 Å². The lowest BCUT2D eigenvalue weighted by Gasteiger charge is -2.39. The second kappa shape index (κ2) is 6.44. The van der Waals surface area contributed by atoms with Gasteiger partial charge < -0.3 is 4.90 Å². The molecule has 2 atom stereocenters. The maximum Gasteiger partial charge on any atom is 0.274 e. The van der Waals surface area contributed by atoms with Crippen molar-refractivity contribution in [1.29, 1.82) is 0 Å². The number of carbonyl (C=O) groups is 1. The molecule has 3 aromatic rings. The van der Waals surface area contributed by atoms with Crippen LogP contribution in [0, 0.1) is 5.92 Å². The van der Waals surface area contributed by atoms with E-state index in [1.165, 1.54) is 16.3 Å². The highest BCUT2D eigenvalue weighted by Gasteiger charge is 2.44. The van der Waals surface area contributed by atoms with Crippen LogP contribution in [0.3, 0.4) is 0 Å². The lowest BCUT2D eigenvalue weighted by atomic mass is 9.84. The minimum atomic E-state index is 0.0859. The largest absolute Gasteiger partial charge is 0.331 e. The number of hydrogen-bond donors (Lipinski definition) is 0. The molecule has 1 aromatic carbocycles. The number of amides is 1. The molecular formula is C21H23N5O. The summed E-state index contributed by atoms with van der Waals surface area (Å²) in [5, 5.41) is 10.3. The Morgan fingerprint density at radius 3 is 2.70 bits per heavy atom. The smallest absolute Gasteiger partial charge is 0.274 e. The summed E-state index contributed by atoms with van der Waals surface area (Å²) in [6.07, 6.45) is 10.8. The fraction of sp³-hybridized carbons (Fsp3) is 0.429. The summed E-state index contributed by atoms with van der Waals surface area (Å²) in [5.41, 5.74) is 1.96. The monoisotopic (exact) mass is 361 g/mol. The van der Waals surface area contributed by atoms with Crippen molar-refractivity contribution in [2.24, 2.45) is 13.0 Å². The quantitative estimate of drug-likeness (QED) is 0.719. The molecule has 2 unspecified atom stereocenters. The van der Waals surface area contributed by atoms with Crippen molar-refractivity contribution >= 4 is 16.7 Å². The molecule has 2 aromatic heterocycles. The third-order valence-electron chi connectivity index (χ3n) is 6.28. The molecule has 2 fully saturated rings. The molecule has 6 nitrogen and oxygen atoms in total. The average molecular weight is 361 g/mol. The molecule has 2 bridgehead atoms. The van der Waals surface area contributed by atoms with Crippen molar-refractivity contribution in [1.82, 2.24) is 24.9 Å². The van der Waals surface area contributed by atoms with Gasteiger partial charge in [-0.05, 0) is 55.0 Å². The Bertz CT molecular complexity index is 978. The minimum Gasteiger partial charge on any atom is -0.331 e. The summed E-state index contributed by atoms with van der Waals surface area (Å²) in [7, 11) is 1.78. The van der Waals surface area contributed by atoms with Gasteiger partial charge in [0.05, 0.1) is 6.20 Å². The normalized spacial score (nSPS) is 24.5. The van der Waals surface area contributed by atoms with Crippen molar-refractivity contribution in [3.63, 3.8) is 0 Å². The second-order valence-corrected chi connectivity index (χ2v) is 7.90. The van der Waals surface area contributed by atoms with Gasteiger partial charge in [-0.2, -0.15) is 0 Å². The van der Waals surface area contributed by atoms with Crippen LogP contribution in [0.5, 0.6) is 0 Å². The SMILES string of the molecule is Cn1nncc1C(=O)N1C2CCC1CC(Cc1cccc3ccncc13)C2. The van der Waals surface area contributed by atoms with Gasteiger partial charge in [0.25, 0.3) is 5.91 Å². The molecule has 2 aliphatic rings. The average Bonchev–Trinajstić information content (AvgIpc) is 3.22. The third-order valence-corrected chi connectivity index (χ3v) is 6.28. The van der Waals surface area contributed by atoms with E-state index in [1.54, 1.807) is 17.9 Å². The van der Waals surface area contributed by atoms with Gasteiger partial charge in [-0.3, -0.25) is 9.78 Å². The van der Waals surface area contributed by atoms with Crippen LogP contribution >= 0.6 is 0 Å². The number of nitrogens with zero attached hydrogens (tertiary/aromatic N) is 5. The Morgan fingerprint density at radius 2 is 1.96 bits per heavy atom. The van der Waals surface area contributed by atoms with Crippen LogP contribution in [0.1, 0.15) is 41.7 Å². The second-order valence-electron chi connectivity index (χ2n) is 7.90. The van der Waals surface area contributed by atoms with Gasteiger partial charge in [0, 0.05) is 36.9 Å². The zero-order valence-corrected chi connectivity index (χ0v) is 15.5. The first-order valence-electron chi connectivity index (χ1n) is 9.69. The molecule has 1 amide bonds. The van der Waals surface area contributed by atoms with Crippen LogP contribution in [0.2, 0.25) is 0 Å². The molecule has 0 N–H and O–H groups in total. The fourth-order valence-electron chi connectivity index (χ4n) is 5.07. The van der Waals surface area contributed by atoms with Crippen molar-refractivity contribution in [2.45, 2.75) is 44.2 Å². The number of carbonyl (C=O) groups excluding carboxylic acids is 1. The van der Waals surface area contributed by atoms with Gasteiger partial charge in [0.1, 0.15) is 5.69 Å². The Kier molecular flexibility index (Phi) is 3.92. The molecule has 0 spiro atoms. The molecule has 0 saturated carbocycles. The number of pyridine rings is 1. The zero-order chi connectivity index (χ0) is 18.4. The Balaban J connectivity index is 1.36. The highest BCUT2D eigenvalue weighted by Crippen LogP contribution is 2.41. The first kappa shape index (κ1) is 16.4. The summed E-state index contributed by atoms with van der Waals surface area (Å²) in [4.78, 5) is 19.4. The number of aromatic nitrogens is 4. The molecule has 27 heavy (non-hydrogen) atoms. The number of fused-ring (bicyclic) bond motifs is 3. The first-order valence-corrected chi connectivity index (χ1v) is 9.69. The summed E-state index contributed by atoms with van der Waals surface area (Å²) in [5.74, 6) is 0.699. The highest BCUT2D eigenvalue weighted by atomic mass is 16.2. The Labute approximate surface area is 158 Å². The van der Waals surface area contributed by atoms with Gasteiger partial charge in [-0.25, -0.2) is 4.68 Å². The number of aryl methyl sites for hydroxylation is 1. The van der Waals surface area contributed by atoms with Crippen molar-refractivity contribution in [2.75, 3.05) is 0 Å². The lowest BCUT2D eigenvalue weighted by Crippen LogP contribution is -2.47. The predicted molar refractivity (Wildman–Crippen MR) is 102 cm³/mol. The molecule has 5 rings (SSSR count). The molecule has 6 heteroatoms. The van der Waals surface area contributed by atoms with Crippen LogP contribution in [-0.2, 0) is 13.5 Å². The van der Waals surface area contributed by atoms with Gasteiger partial charge >= 0.3 is 0 Å². The Hall–Kier alpha value is -2.76. The topological polar surface area (TPSA) is 63.9 Å². The van der Waals surface area contributed by atoms with Crippen LogP contribution < -0.4 is 0 Å². The van der Waals surface area contributed by atoms with E-state index in [0.717, 1.165) is 32.1 Å². The van der Waals surface area contributed by atoms with E-state index in [-0.39, 0.29) is 5.91 Å². The highest BCUT2D eigenvalue weighted by molar-refractivity contribution is 5.93. The van der Waals surface area contributed by atoms with E-state index in [2.05, 4.69) is 44.5 Å². The van der Waals surface area contributed by atoms with Crippen molar-refractivity contribution < 1.29 is 4.79 Å². The molecule has 2 aliphatic heterocycles. The molecule has 0 aliphatic carbocycles. The number of rotatable bonds is 3. The molecule has 4 heterocycles. The molecule has 0 radical (unpaired) electrons. The van der Waals surface area contributed by atoms with Crippen LogP contribution in [0.4, 0.5) is 0 Å². The lowest BCUT2D eigenvalue weighted by molar-refractivity contribution is 0.0513. The van der Waals surface area contributed by atoms with E-state index in [4.69, 9.17) is 0 Å². The summed E-state index contributed by atoms with van der Waals surface area (Å²) < 4.78 is 1.58. The van der Waals surface area contributed by atoms with E-state index in [9.17, 15) is 4.79 Å². The fourth-order valence-corrected chi connectivity index (χ4v) is 5.07. The number of piperidine rings is 1.